The number of rotatable bonds is 7. The number of aliphatic carboxylic acids is 1. The van der Waals surface area contributed by atoms with E-state index in [1.165, 1.54) is 6.07 Å². The highest BCUT2D eigenvalue weighted by molar-refractivity contribution is 5.70. The van der Waals surface area contributed by atoms with E-state index in [2.05, 4.69) is 30.0 Å². The van der Waals surface area contributed by atoms with Gasteiger partial charge in [-0.2, -0.15) is 18.4 Å². The number of hydrogen-bond donors (Lipinski definition) is 1. The topological polar surface area (TPSA) is 119 Å². The molecule has 12 heteroatoms. The lowest BCUT2D eigenvalue weighted by molar-refractivity contribution is -0.142. The van der Waals surface area contributed by atoms with Crippen molar-refractivity contribution in [2.24, 2.45) is 5.92 Å². The second-order valence-corrected chi connectivity index (χ2v) is 8.14. The Kier molecular flexibility index (Phi) is 6.17. The van der Waals surface area contributed by atoms with Crippen molar-refractivity contribution in [1.29, 1.82) is 0 Å². The monoisotopic (exact) mass is 481 g/mol. The minimum atomic E-state index is -2.93. The molecule has 1 fully saturated rings. The number of para-hydroxylation sites is 1. The third-order valence-electron chi connectivity index (χ3n) is 5.93. The molecule has 0 amide bonds. The summed E-state index contributed by atoms with van der Waals surface area (Å²) in [6.07, 6.45) is 4.63. The first-order chi connectivity index (χ1) is 17.0. The second-order valence-electron chi connectivity index (χ2n) is 8.14. The van der Waals surface area contributed by atoms with E-state index in [0.29, 0.717) is 60.2 Å². The van der Waals surface area contributed by atoms with Crippen LogP contribution < -0.4 is 9.64 Å². The van der Waals surface area contributed by atoms with E-state index in [0.717, 1.165) is 0 Å². The van der Waals surface area contributed by atoms with Crippen LogP contribution in [0.5, 0.6) is 5.75 Å². The first-order valence-electron chi connectivity index (χ1n) is 11.0. The number of fused-ring (bicyclic) bond motifs is 1. The number of benzene rings is 1. The van der Waals surface area contributed by atoms with Crippen molar-refractivity contribution in [2.75, 3.05) is 18.0 Å². The van der Waals surface area contributed by atoms with Crippen molar-refractivity contribution in [3.63, 3.8) is 0 Å². The van der Waals surface area contributed by atoms with Gasteiger partial charge in [0.25, 0.3) is 0 Å². The number of ether oxygens (including phenoxy) is 1. The summed E-state index contributed by atoms with van der Waals surface area (Å²) in [5.41, 5.74) is 2.31. The summed E-state index contributed by atoms with van der Waals surface area (Å²) in [5, 5.41) is 22.1. The molecule has 0 aliphatic carbocycles. The Balaban J connectivity index is 1.36. The fourth-order valence-electron chi connectivity index (χ4n) is 4.07. The number of halogens is 2. The normalized spacial score (nSPS) is 14.5. The van der Waals surface area contributed by atoms with Gasteiger partial charge < -0.3 is 14.7 Å². The maximum atomic E-state index is 12.8. The molecule has 1 aromatic carbocycles. The number of anilines is 1. The van der Waals surface area contributed by atoms with Gasteiger partial charge in [-0.25, -0.2) is 9.97 Å². The molecule has 1 saturated heterocycles. The molecule has 5 rings (SSSR count). The van der Waals surface area contributed by atoms with Gasteiger partial charge in [0.2, 0.25) is 5.95 Å². The van der Waals surface area contributed by atoms with Crippen LogP contribution in [0.25, 0.3) is 16.9 Å². The molecular formula is C23H21F2N7O3. The number of alkyl halides is 2. The molecule has 35 heavy (non-hydrogen) atoms. The number of carbonyl (C=O) groups is 1. The van der Waals surface area contributed by atoms with E-state index in [4.69, 9.17) is 5.11 Å². The maximum absolute atomic E-state index is 12.8. The molecule has 4 heterocycles. The number of carboxylic acids is 1. The number of carboxylic acid groups (broad SMARTS) is 1. The van der Waals surface area contributed by atoms with Gasteiger partial charge in [-0.3, -0.25) is 4.79 Å². The van der Waals surface area contributed by atoms with Crippen LogP contribution in [-0.4, -0.2) is 60.6 Å². The number of hydrogen-bond acceptors (Lipinski definition) is 8. The molecule has 180 valence electrons. The molecule has 0 atom stereocenters. The van der Waals surface area contributed by atoms with Gasteiger partial charge >= 0.3 is 12.6 Å². The first-order valence-corrected chi connectivity index (χ1v) is 11.0. The predicted molar refractivity (Wildman–Crippen MR) is 120 cm³/mol. The highest BCUT2D eigenvalue weighted by atomic mass is 19.3. The van der Waals surface area contributed by atoms with E-state index >= 15 is 0 Å². The van der Waals surface area contributed by atoms with E-state index in [9.17, 15) is 13.6 Å². The van der Waals surface area contributed by atoms with Crippen LogP contribution in [0, 0.1) is 5.92 Å². The zero-order chi connectivity index (χ0) is 24.4. The summed E-state index contributed by atoms with van der Waals surface area (Å²) >= 11 is 0. The largest absolute Gasteiger partial charge is 0.481 e. The number of piperidine rings is 1. The zero-order valence-electron chi connectivity index (χ0n) is 18.5. The van der Waals surface area contributed by atoms with Crippen LogP contribution in [0.2, 0.25) is 0 Å². The van der Waals surface area contributed by atoms with Gasteiger partial charge in [-0.1, -0.05) is 18.2 Å². The SMILES string of the molecule is O=C(O)C1CCN(c2ncc(-c3ccc4nnc(Cc5ccccc5OC(F)F)n4n3)cn2)CC1. The Labute approximate surface area is 198 Å². The molecule has 1 aliphatic rings. The fraction of sp³-hybridized carbons (Fsp3) is 0.304. The van der Waals surface area contributed by atoms with E-state index in [-0.39, 0.29) is 18.1 Å². The summed E-state index contributed by atoms with van der Waals surface area (Å²) in [4.78, 5) is 22.0. The lowest BCUT2D eigenvalue weighted by Crippen LogP contribution is -2.37. The Morgan fingerprint density at radius 2 is 1.83 bits per heavy atom. The molecule has 1 aliphatic heterocycles. The van der Waals surface area contributed by atoms with Crippen LogP contribution in [0.3, 0.4) is 0 Å². The Morgan fingerprint density at radius 3 is 2.54 bits per heavy atom. The highest BCUT2D eigenvalue weighted by Crippen LogP contribution is 2.25. The average Bonchev–Trinajstić information content (AvgIpc) is 3.27. The van der Waals surface area contributed by atoms with E-state index in [1.54, 1.807) is 47.2 Å². The summed E-state index contributed by atoms with van der Waals surface area (Å²) in [6.45, 7) is -1.76. The van der Waals surface area contributed by atoms with Gasteiger partial charge in [0, 0.05) is 43.0 Å². The van der Waals surface area contributed by atoms with Crippen LogP contribution in [0.1, 0.15) is 24.2 Å². The summed E-state index contributed by atoms with van der Waals surface area (Å²) in [7, 11) is 0. The number of aromatic nitrogens is 6. The quantitative estimate of drug-likeness (QED) is 0.425. The van der Waals surface area contributed by atoms with Crippen molar-refractivity contribution >= 4 is 17.6 Å². The van der Waals surface area contributed by atoms with Crippen LogP contribution in [0.4, 0.5) is 14.7 Å². The molecular weight excluding hydrogens is 460 g/mol. The average molecular weight is 481 g/mol. The molecule has 0 saturated carbocycles. The highest BCUT2D eigenvalue weighted by Gasteiger charge is 2.25. The van der Waals surface area contributed by atoms with Crippen LogP contribution in [-0.2, 0) is 11.2 Å². The van der Waals surface area contributed by atoms with Crippen molar-refractivity contribution in [3.8, 4) is 17.0 Å². The molecule has 1 N–H and O–H groups in total. The Hall–Kier alpha value is -4.22. The van der Waals surface area contributed by atoms with Gasteiger partial charge in [0.15, 0.2) is 11.5 Å². The van der Waals surface area contributed by atoms with Gasteiger partial charge in [0.1, 0.15) is 5.75 Å². The smallest absolute Gasteiger partial charge is 0.387 e. The minimum Gasteiger partial charge on any atom is -0.481 e. The molecule has 0 bridgehead atoms. The first kappa shape index (κ1) is 22.6. The minimum absolute atomic E-state index is 0.0757. The third kappa shape index (κ3) is 4.86. The Morgan fingerprint density at radius 1 is 1.09 bits per heavy atom. The van der Waals surface area contributed by atoms with Crippen LogP contribution in [0.15, 0.2) is 48.8 Å². The zero-order valence-corrected chi connectivity index (χ0v) is 18.5. The summed E-state index contributed by atoms with van der Waals surface area (Å²) in [5.74, 6) is -0.00815. The molecule has 3 aromatic heterocycles. The van der Waals surface area contributed by atoms with Crippen molar-refractivity contribution < 1.29 is 23.4 Å². The van der Waals surface area contributed by atoms with Crippen molar-refractivity contribution in [2.45, 2.75) is 25.9 Å². The molecule has 10 nitrogen and oxygen atoms in total. The Bertz CT molecular complexity index is 1340. The van der Waals surface area contributed by atoms with Crippen molar-refractivity contribution in [3.05, 3.63) is 60.2 Å². The standard InChI is InChI=1S/C23H21F2N7O3/c24-22(25)35-18-4-2-1-3-15(18)11-20-29-28-19-6-5-17(30-32(19)20)16-12-26-23(27-13-16)31-9-7-14(8-10-31)21(33)34/h1-6,12-14,22H,7-11H2,(H,33,34). The lowest BCUT2D eigenvalue weighted by atomic mass is 9.97. The molecule has 0 unspecified atom stereocenters. The molecule has 0 spiro atoms. The second kappa shape index (κ2) is 9.57. The summed E-state index contributed by atoms with van der Waals surface area (Å²) < 4.78 is 31.7. The predicted octanol–water partition coefficient (Wildman–Crippen LogP) is 3.07. The van der Waals surface area contributed by atoms with E-state index < -0.39 is 12.6 Å². The lowest BCUT2D eigenvalue weighted by Gasteiger charge is -2.29. The molecule has 0 radical (unpaired) electrons. The van der Waals surface area contributed by atoms with E-state index in [1.807, 2.05) is 4.90 Å². The van der Waals surface area contributed by atoms with Crippen molar-refractivity contribution in [1.82, 2.24) is 29.8 Å². The van der Waals surface area contributed by atoms with Gasteiger partial charge in [-0.05, 0) is 31.0 Å². The number of nitrogens with zero attached hydrogens (tertiary/aromatic N) is 7. The van der Waals surface area contributed by atoms with Crippen LogP contribution >= 0.6 is 0 Å². The van der Waals surface area contributed by atoms with Gasteiger partial charge in [0.05, 0.1) is 11.6 Å². The third-order valence-corrected chi connectivity index (χ3v) is 5.93. The maximum Gasteiger partial charge on any atom is 0.387 e. The van der Waals surface area contributed by atoms with Gasteiger partial charge in [-0.15, -0.1) is 10.2 Å². The molecule has 4 aromatic rings. The summed E-state index contributed by atoms with van der Waals surface area (Å²) in [6, 6.07) is 10.1. The fourth-order valence-corrected chi connectivity index (χ4v) is 4.07.